The van der Waals surface area contributed by atoms with E-state index in [-0.39, 0.29) is 27.9 Å². The highest BCUT2D eigenvalue weighted by atomic mass is 28.4. The summed E-state index contributed by atoms with van der Waals surface area (Å²) in [6.07, 6.45) is 11.9. The van der Waals surface area contributed by atoms with E-state index in [9.17, 15) is 4.79 Å². The highest BCUT2D eigenvalue weighted by Gasteiger charge is 2.62. The monoisotopic (exact) mass is 420 g/mol. The van der Waals surface area contributed by atoms with Gasteiger partial charge < -0.3 is 9.22 Å². The second-order valence-electron chi connectivity index (χ2n) is 12.4. The Kier molecular flexibility index (Phi) is 7.38. The van der Waals surface area contributed by atoms with Crippen LogP contribution < -0.4 is 0 Å². The maximum atomic E-state index is 13.1. The summed E-state index contributed by atoms with van der Waals surface area (Å²) in [5.74, 6) is 1.76. The summed E-state index contributed by atoms with van der Waals surface area (Å²) in [6.45, 7) is 23.3. The maximum Gasteiger partial charge on any atom is 0.192 e. The highest BCUT2D eigenvalue weighted by molar-refractivity contribution is 6.74. The first-order chi connectivity index (χ1) is 13.2. The van der Waals surface area contributed by atoms with Gasteiger partial charge in [-0.3, -0.25) is 0 Å². The summed E-state index contributed by atoms with van der Waals surface area (Å²) >= 11 is 0. The molecule has 1 unspecified atom stereocenters. The number of carbonyl (C=O) groups excluding carboxylic acids is 1. The first-order valence-electron chi connectivity index (χ1n) is 12.1. The van der Waals surface area contributed by atoms with Crippen molar-refractivity contribution >= 4 is 14.6 Å². The summed E-state index contributed by atoms with van der Waals surface area (Å²) in [5, 5.41) is 0.155. The number of hydrogen-bond donors (Lipinski definition) is 0. The van der Waals surface area contributed by atoms with E-state index in [4.69, 9.17) is 4.43 Å². The van der Waals surface area contributed by atoms with Crippen molar-refractivity contribution in [2.24, 2.45) is 34.5 Å². The lowest BCUT2D eigenvalue weighted by Crippen LogP contribution is -2.63. The Morgan fingerprint density at radius 1 is 1.17 bits per heavy atom. The second kappa shape index (κ2) is 8.61. The minimum Gasteiger partial charge on any atom is -0.413 e. The zero-order valence-electron chi connectivity index (χ0n) is 21.0. The standard InChI is InChI=1S/C26H48O2Si/c1-11-19(2)12-14-21-20(3)13-15-22-25(7,8)17-16-23(26(21,22)18-27)28-29(9,10)24(4,5)6/h12,14,18-23H,11,13,15-17H2,1-10H3/b14-12-/t19-,20+,21+,22+,23?,26-/m1/s1. The third kappa shape index (κ3) is 4.61. The Labute approximate surface area is 182 Å². The maximum absolute atomic E-state index is 13.1. The van der Waals surface area contributed by atoms with E-state index in [1.54, 1.807) is 0 Å². The van der Waals surface area contributed by atoms with E-state index in [2.05, 4.69) is 80.6 Å². The molecular weight excluding hydrogens is 372 g/mol. The van der Waals surface area contributed by atoms with Gasteiger partial charge in [-0.25, -0.2) is 0 Å². The molecule has 2 saturated carbocycles. The van der Waals surface area contributed by atoms with Crippen molar-refractivity contribution in [1.29, 1.82) is 0 Å². The van der Waals surface area contributed by atoms with Gasteiger partial charge in [-0.2, -0.15) is 0 Å². The van der Waals surface area contributed by atoms with Crippen molar-refractivity contribution in [3.63, 3.8) is 0 Å². The SMILES string of the molecule is CC[C@@H](C)/C=C\[C@H]1[C@@H](C)CC[C@H]2C(C)(C)CCC(O[Si](C)(C)C(C)(C)C)[C@]12C=O. The van der Waals surface area contributed by atoms with Gasteiger partial charge in [0.15, 0.2) is 8.32 Å². The van der Waals surface area contributed by atoms with Gasteiger partial charge in [-0.05, 0) is 72.9 Å². The van der Waals surface area contributed by atoms with Gasteiger partial charge in [0.2, 0.25) is 0 Å². The molecule has 168 valence electrons. The molecular formula is C26H48O2Si. The Balaban J connectivity index is 2.56. The van der Waals surface area contributed by atoms with Gasteiger partial charge in [0.05, 0.1) is 11.5 Å². The molecule has 0 aliphatic heterocycles. The highest BCUT2D eigenvalue weighted by Crippen LogP contribution is 2.62. The number of allylic oxidation sites excluding steroid dienone is 2. The first-order valence-corrected chi connectivity index (χ1v) is 15.0. The Morgan fingerprint density at radius 3 is 2.31 bits per heavy atom. The molecule has 2 aliphatic carbocycles. The van der Waals surface area contributed by atoms with Crippen molar-refractivity contribution in [1.82, 2.24) is 0 Å². The van der Waals surface area contributed by atoms with Crippen molar-refractivity contribution in [3.8, 4) is 0 Å². The molecule has 0 aromatic carbocycles. The second-order valence-corrected chi connectivity index (χ2v) is 17.2. The van der Waals surface area contributed by atoms with Gasteiger partial charge in [-0.1, -0.05) is 74.0 Å². The molecule has 0 heterocycles. The molecule has 2 nitrogen and oxygen atoms in total. The summed E-state index contributed by atoms with van der Waals surface area (Å²) < 4.78 is 7.09. The molecule has 0 aromatic rings. The molecule has 0 bridgehead atoms. The molecule has 0 spiro atoms. The van der Waals surface area contributed by atoms with E-state index in [0.717, 1.165) is 25.7 Å². The number of fused-ring (bicyclic) bond motifs is 1. The van der Waals surface area contributed by atoms with Crippen LogP contribution in [0.2, 0.25) is 18.1 Å². The van der Waals surface area contributed by atoms with Gasteiger partial charge in [-0.15, -0.1) is 0 Å². The number of rotatable bonds is 6. The van der Waals surface area contributed by atoms with Crippen LogP contribution in [0.3, 0.4) is 0 Å². The van der Waals surface area contributed by atoms with Crippen LogP contribution in [0.5, 0.6) is 0 Å². The minimum atomic E-state index is -1.96. The quantitative estimate of drug-likeness (QED) is 0.250. The number of hydrogen-bond acceptors (Lipinski definition) is 2. The van der Waals surface area contributed by atoms with Crippen LogP contribution in [0.25, 0.3) is 0 Å². The molecule has 0 radical (unpaired) electrons. The smallest absolute Gasteiger partial charge is 0.192 e. The summed E-state index contributed by atoms with van der Waals surface area (Å²) in [7, 11) is -1.96. The van der Waals surface area contributed by atoms with Gasteiger partial charge >= 0.3 is 0 Å². The van der Waals surface area contributed by atoms with Crippen LogP contribution in [0.15, 0.2) is 12.2 Å². The average molecular weight is 421 g/mol. The summed E-state index contributed by atoms with van der Waals surface area (Å²) in [4.78, 5) is 13.1. The van der Waals surface area contributed by atoms with Crippen LogP contribution in [0, 0.1) is 34.5 Å². The zero-order valence-corrected chi connectivity index (χ0v) is 22.0. The third-order valence-electron chi connectivity index (χ3n) is 8.99. The van der Waals surface area contributed by atoms with E-state index in [0.29, 0.717) is 17.8 Å². The van der Waals surface area contributed by atoms with Gasteiger partial charge in [0.1, 0.15) is 6.29 Å². The summed E-state index contributed by atoms with van der Waals surface area (Å²) in [5.41, 5.74) is -0.199. The zero-order chi connectivity index (χ0) is 22.3. The molecule has 2 rings (SSSR count). The fourth-order valence-electron chi connectivity index (χ4n) is 5.75. The number of aldehydes is 1. The van der Waals surface area contributed by atoms with E-state index in [1.165, 1.54) is 12.7 Å². The normalized spacial score (nSPS) is 36.6. The van der Waals surface area contributed by atoms with E-state index in [1.807, 2.05) is 0 Å². The van der Waals surface area contributed by atoms with Crippen molar-refractivity contribution in [2.75, 3.05) is 0 Å². The predicted octanol–water partition coefficient (Wildman–Crippen LogP) is 7.65. The molecule has 0 N–H and O–H groups in total. The predicted molar refractivity (Wildman–Crippen MR) is 128 cm³/mol. The Morgan fingerprint density at radius 2 is 1.79 bits per heavy atom. The van der Waals surface area contributed by atoms with E-state index < -0.39 is 8.32 Å². The van der Waals surface area contributed by atoms with E-state index >= 15 is 0 Å². The lowest BCUT2D eigenvalue weighted by atomic mass is 9.45. The Bertz CT molecular complexity index is 600. The van der Waals surface area contributed by atoms with Crippen LogP contribution >= 0.6 is 0 Å². The largest absolute Gasteiger partial charge is 0.413 e. The molecule has 29 heavy (non-hydrogen) atoms. The fourth-order valence-corrected chi connectivity index (χ4v) is 7.14. The lowest BCUT2D eigenvalue weighted by molar-refractivity contribution is -0.166. The van der Waals surface area contributed by atoms with Gasteiger partial charge in [0, 0.05) is 0 Å². The summed E-state index contributed by atoms with van der Waals surface area (Å²) in [6, 6.07) is 0. The molecule has 2 aliphatic rings. The van der Waals surface area contributed by atoms with Crippen LogP contribution in [0.1, 0.15) is 87.5 Å². The van der Waals surface area contributed by atoms with Crippen LogP contribution in [0.4, 0.5) is 0 Å². The molecule has 0 saturated heterocycles. The third-order valence-corrected chi connectivity index (χ3v) is 13.5. The number of carbonyl (C=O) groups is 1. The first kappa shape index (κ1) is 24.9. The minimum absolute atomic E-state index is 0.0493. The van der Waals surface area contributed by atoms with Gasteiger partial charge in [0.25, 0.3) is 0 Å². The van der Waals surface area contributed by atoms with Crippen molar-refractivity contribution in [2.45, 2.75) is 112 Å². The fraction of sp³-hybridized carbons (Fsp3) is 0.885. The lowest BCUT2D eigenvalue weighted by Gasteiger charge is -2.61. The average Bonchev–Trinajstić information content (AvgIpc) is 2.61. The molecule has 3 heteroatoms. The van der Waals surface area contributed by atoms with Crippen LogP contribution in [-0.4, -0.2) is 20.7 Å². The molecule has 2 fully saturated rings. The Hall–Kier alpha value is -0.413. The molecule has 0 amide bonds. The van der Waals surface area contributed by atoms with Crippen LogP contribution in [-0.2, 0) is 9.22 Å². The van der Waals surface area contributed by atoms with Crippen molar-refractivity contribution in [3.05, 3.63) is 12.2 Å². The topological polar surface area (TPSA) is 26.3 Å². The molecule has 6 atom stereocenters. The molecule has 0 aromatic heterocycles. The van der Waals surface area contributed by atoms with Crippen molar-refractivity contribution < 1.29 is 9.22 Å².